The van der Waals surface area contributed by atoms with Gasteiger partial charge in [0.2, 0.25) is 0 Å². The van der Waals surface area contributed by atoms with Gasteiger partial charge in [0.15, 0.2) is 5.78 Å². The van der Waals surface area contributed by atoms with E-state index in [2.05, 4.69) is 6.92 Å². The Labute approximate surface area is 81.3 Å². The number of carbonyl (C=O) groups excluding carboxylic acids is 1. The second-order valence-electron chi connectivity index (χ2n) is 3.97. The standard InChI is InChI=1S/C11H22O2/c1-4-5-6-7-8-10(12)11(13)9(2)3/h9,11,13H,4-8H2,1-3H3/t11-/m1/s1. The first-order chi connectivity index (χ1) is 6.09. The summed E-state index contributed by atoms with van der Waals surface area (Å²) in [6, 6.07) is 0. The van der Waals surface area contributed by atoms with E-state index in [0.29, 0.717) is 6.42 Å². The summed E-state index contributed by atoms with van der Waals surface area (Å²) in [5.41, 5.74) is 0. The molecule has 0 heterocycles. The van der Waals surface area contributed by atoms with Crippen molar-refractivity contribution in [2.75, 3.05) is 0 Å². The molecule has 1 N–H and O–H groups in total. The third-order valence-electron chi connectivity index (χ3n) is 2.24. The van der Waals surface area contributed by atoms with E-state index in [1.54, 1.807) is 0 Å². The Kier molecular flexibility index (Phi) is 6.87. The summed E-state index contributed by atoms with van der Waals surface area (Å²) < 4.78 is 0. The molecule has 0 amide bonds. The number of aliphatic hydroxyl groups excluding tert-OH is 1. The van der Waals surface area contributed by atoms with Crippen LogP contribution in [0.1, 0.15) is 52.9 Å². The highest BCUT2D eigenvalue weighted by Crippen LogP contribution is 2.09. The van der Waals surface area contributed by atoms with Crippen LogP contribution in [0.3, 0.4) is 0 Å². The predicted octanol–water partition coefficient (Wildman–Crippen LogP) is 2.54. The van der Waals surface area contributed by atoms with E-state index < -0.39 is 6.10 Å². The SMILES string of the molecule is CCCCCCC(=O)[C@H](O)C(C)C. The van der Waals surface area contributed by atoms with Crippen molar-refractivity contribution in [1.82, 2.24) is 0 Å². The number of aliphatic hydroxyl groups is 1. The lowest BCUT2D eigenvalue weighted by Gasteiger charge is -2.12. The molecule has 0 aliphatic carbocycles. The minimum absolute atomic E-state index is 0.00565. The van der Waals surface area contributed by atoms with Gasteiger partial charge in [-0.3, -0.25) is 4.79 Å². The van der Waals surface area contributed by atoms with Gasteiger partial charge in [-0.2, -0.15) is 0 Å². The summed E-state index contributed by atoms with van der Waals surface area (Å²) in [5.74, 6) is 0.0600. The van der Waals surface area contributed by atoms with Crippen LogP contribution in [0, 0.1) is 5.92 Å². The van der Waals surface area contributed by atoms with Crippen molar-refractivity contribution in [2.24, 2.45) is 5.92 Å². The van der Waals surface area contributed by atoms with Crippen molar-refractivity contribution < 1.29 is 9.90 Å². The van der Waals surface area contributed by atoms with Gasteiger partial charge >= 0.3 is 0 Å². The number of unbranched alkanes of at least 4 members (excludes halogenated alkanes) is 3. The molecular weight excluding hydrogens is 164 g/mol. The van der Waals surface area contributed by atoms with Crippen molar-refractivity contribution in [1.29, 1.82) is 0 Å². The second-order valence-corrected chi connectivity index (χ2v) is 3.97. The van der Waals surface area contributed by atoms with Gasteiger partial charge < -0.3 is 5.11 Å². The predicted molar refractivity (Wildman–Crippen MR) is 54.6 cm³/mol. The van der Waals surface area contributed by atoms with Crippen LogP contribution in [0.2, 0.25) is 0 Å². The van der Waals surface area contributed by atoms with Crippen molar-refractivity contribution >= 4 is 5.78 Å². The molecule has 0 saturated heterocycles. The minimum atomic E-state index is -0.748. The average molecular weight is 186 g/mol. The van der Waals surface area contributed by atoms with Gasteiger partial charge in [0.05, 0.1) is 0 Å². The van der Waals surface area contributed by atoms with E-state index in [4.69, 9.17) is 0 Å². The van der Waals surface area contributed by atoms with Gasteiger partial charge in [0.25, 0.3) is 0 Å². The van der Waals surface area contributed by atoms with E-state index in [1.807, 2.05) is 13.8 Å². The Morgan fingerprint density at radius 2 is 1.85 bits per heavy atom. The first-order valence-corrected chi connectivity index (χ1v) is 5.30. The third-order valence-corrected chi connectivity index (χ3v) is 2.24. The molecule has 0 aliphatic heterocycles. The first kappa shape index (κ1) is 12.6. The number of Topliss-reactive ketones (excluding diaryl/α,β-unsaturated/α-hetero) is 1. The number of rotatable bonds is 7. The van der Waals surface area contributed by atoms with E-state index in [9.17, 15) is 9.90 Å². The number of hydrogen-bond donors (Lipinski definition) is 1. The summed E-state index contributed by atoms with van der Waals surface area (Å²) in [6.45, 7) is 5.88. The Balaban J connectivity index is 3.50. The lowest BCUT2D eigenvalue weighted by molar-refractivity contribution is -0.129. The molecule has 0 bridgehead atoms. The van der Waals surface area contributed by atoms with Crippen LogP contribution in [0.15, 0.2) is 0 Å². The lowest BCUT2D eigenvalue weighted by atomic mass is 9.99. The fraction of sp³-hybridized carbons (Fsp3) is 0.909. The van der Waals surface area contributed by atoms with Crippen molar-refractivity contribution in [3.63, 3.8) is 0 Å². The van der Waals surface area contributed by atoms with Crippen LogP contribution in [0.5, 0.6) is 0 Å². The Bertz CT molecular complexity index is 141. The maximum atomic E-state index is 11.3. The highest BCUT2D eigenvalue weighted by molar-refractivity contribution is 5.82. The van der Waals surface area contributed by atoms with E-state index >= 15 is 0 Å². The molecule has 0 aromatic carbocycles. The summed E-state index contributed by atoms with van der Waals surface area (Å²) in [4.78, 5) is 11.3. The topological polar surface area (TPSA) is 37.3 Å². The van der Waals surface area contributed by atoms with E-state index in [0.717, 1.165) is 12.8 Å². The molecular formula is C11H22O2. The van der Waals surface area contributed by atoms with Crippen molar-refractivity contribution in [3.8, 4) is 0 Å². The zero-order valence-electron chi connectivity index (χ0n) is 9.05. The fourth-order valence-corrected chi connectivity index (χ4v) is 1.25. The summed E-state index contributed by atoms with van der Waals surface area (Å²) in [5, 5.41) is 9.40. The van der Waals surface area contributed by atoms with Crippen LogP contribution in [-0.2, 0) is 4.79 Å². The molecule has 13 heavy (non-hydrogen) atoms. The molecule has 0 fully saturated rings. The summed E-state index contributed by atoms with van der Waals surface area (Å²) in [6.07, 6.45) is 4.19. The molecule has 0 aromatic rings. The van der Waals surface area contributed by atoms with Crippen LogP contribution >= 0.6 is 0 Å². The molecule has 0 aliphatic rings. The molecule has 2 nitrogen and oxygen atoms in total. The second kappa shape index (κ2) is 7.07. The zero-order valence-corrected chi connectivity index (χ0v) is 9.05. The van der Waals surface area contributed by atoms with Crippen LogP contribution in [0.4, 0.5) is 0 Å². The average Bonchev–Trinajstić information content (AvgIpc) is 2.10. The van der Waals surface area contributed by atoms with Gasteiger partial charge in [-0.05, 0) is 12.3 Å². The molecule has 2 heteroatoms. The maximum Gasteiger partial charge on any atom is 0.161 e. The smallest absolute Gasteiger partial charge is 0.161 e. The lowest BCUT2D eigenvalue weighted by Crippen LogP contribution is -2.25. The number of carbonyl (C=O) groups is 1. The van der Waals surface area contributed by atoms with E-state index in [1.165, 1.54) is 12.8 Å². The summed E-state index contributed by atoms with van der Waals surface area (Å²) in [7, 11) is 0. The van der Waals surface area contributed by atoms with Crippen molar-refractivity contribution in [3.05, 3.63) is 0 Å². The minimum Gasteiger partial charge on any atom is -0.385 e. The molecule has 1 atom stereocenters. The van der Waals surface area contributed by atoms with Gasteiger partial charge in [0, 0.05) is 6.42 Å². The van der Waals surface area contributed by atoms with Gasteiger partial charge in [-0.15, -0.1) is 0 Å². The zero-order chi connectivity index (χ0) is 10.3. The Morgan fingerprint density at radius 3 is 2.31 bits per heavy atom. The van der Waals surface area contributed by atoms with Crippen molar-refractivity contribution in [2.45, 2.75) is 59.0 Å². The third kappa shape index (κ3) is 5.81. The summed E-state index contributed by atoms with van der Waals surface area (Å²) >= 11 is 0. The molecule has 0 saturated carbocycles. The largest absolute Gasteiger partial charge is 0.385 e. The molecule has 78 valence electrons. The normalized spacial score (nSPS) is 13.3. The monoisotopic (exact) mass is 186 g/mol. The number of hydrogen-bond acceptors (Lipinski definition) is 2. The van der Waals surface area contributed by atoms with Gasteiger partial charge in [0.1, 0.15) is 6.10 Å². The molecule has 0 rings (SSSR count). The molecule has 0 radical (unpaired) electrons. The molecule has 0 spiro atoms. The highest BCUT2D eigenvalue weighted by Gasteiger charge is 2.17. The molecule has 0 unspecified atom stereocenters. The van der Waals surface area contributed by atoms with Crippen LogP contribution < -0.4 is 0 Å². The maximum absolute atomic E-state index is 11.3. The Hall–Kier alpha value is -0.370. The first-order valence-electron chi connectivity index (χ1n) is 5.30. The van der Waals surface area contributed by atoms with Crippen LogP contribution in [0.25, 0.3) is 0 Å². The fourth-order valence-electron chi connectivity index (χ4n) is 1.25. The van der Waals surface area contributed by atoms with E-state index in [-0.39, 0.29) is 11.7 Å². The van der Waals surface area contributed by atoms with Crippen LogP contribution in [-0.4, -0.2) is 17.0 Å². The molecule has 0 aromatic heterocycles. The quantitative estimate of drug-likeness (QED) is 0.620. The van der Waals surface area contributed by atoms with Gasteiger partial charge in [-0.1, -0.05) is 40.0 Å². The number of ketones is 1. The van der Waals surface area contributed by atoms with Gasteiger partial charge in [-0.25, -0.2) is 0 Å². The Morgan fingerprint density at radius 1 is 1.23 bits per heavy atom. The highest BCUT2D eigenvalue weighted by atomic mass is 16.3.